The van der Waals surface area contributed by atoms with E-state index in [4.69, 9.17) is 16.6 Å². The number of piperidine rings is 1. The number of aromatic amines is 1. The number of H-pyrrole nitrogens is 1. The van der Waals surface area contributed by atoms with Crippen molar-refractivity contribution in [2.24, 2.45) is 5.92 Å². The van der Waals surface area contributed by atoms with Gasteiger partial charge in [0.2, 0.25) is 5.91 Å². The Hall–Kier alpha value is -3.10. The number of carbonyl (C=O) groups is 1. The predicted molar refractivity (Wildman–Crippen MR) is 122 cm³/mol. The normalized spacial score (nSPS) is 19.1. The molecule has 160 valence electrons. The Morgan fingerprint density at radius 2 is 2.13 bits per heavy atom. The molecule has 0 bridgehead atoms. The van der Waals surface area contributed by atoms with Crippen molar-refractivity contribution in [1.82, 2.24) is 29.6 Å². The van der Waals surface area contributed by atoms with Gasteiger partial charge in [-0.25, -0.2) is 9.97 Å². The molecule has 5 rings (SSSR count). The Balaban J connectivity index is 1.53. The van der Waals surface area contributed by atoms with Crippen LogP contribution in [0.5, 0.6) is 0 Å². The Morgan fingerprint density at radius 1 is 1.29 bits per heavy atom. The number of para-hydroxylation sites is 1. The lowest BCUT2D eigenvalue weighted by molar-refractivity contribution is -0.133. The number of nitrogens with zero attached hydrogens (tertiary/aromatic N) is 4. The fourth-order valence-corrected chi connectivity index (χ4v) is 4.57. The zero-order chi connectivity index (χ0) is 21.5. The Labute approximate surface area is 184 Å². The van der Waals surface area contributed by atoms with Crippen LogP contribution >= 0.6 is 11.6 Å². The van der Waals surface area contributed by atoms with Gasteiger partial charge in [-0.15, -0.1) is 0 Å². The van der Waals surface area contributed by atoms with Crippen LogP contribution in [0.15, 0.2) is 42.9 Å². The molecule has 1 aliphatic rings. The number of benzene rings is 1. The predicted octanol–water partition coefficient (Wildman–Crippen LogP) is 3.01. The van der Waals surface area contributed by atoms with Gasteiger partial charge in [-0.2, -0.15) is 0 Å². The van der Waals surface area contributed by atoms with Gasteiger partial charge in [0, 0.05) is 68.3 Å². The Bertz CT molecular complexity index is 1260. The summed E-state index contributed by atoms with van der Waals surface area (Å²) in [5.74, 6) is 0.713. The van der Waals surface area contributed by atoms with E-state index >= 15 is 0 Å². The average molecular weight is 438 g/mol. The second-order valence-corrected chi connectivity index (χ2v) is 8.49. The first kappa shape index (κ1) is 19.8. The smallest absolute Gasteiger partial charge is 0.226 e. The summed E-state index contributed by atoms with van der Waals surface area (Å²) in [4.78, 5) is 26.7. The van der Waals surface area contributed by atoms with E-state index in [9.17, 15) is 4.79 Å². The number of hydrogen-bond donors (Lipinski definition) is 3. The number of hydrogen-bond acceptors (Lipinski definition) is 5. The maximum atomic E-state index is 12.5. The lowest BCUT2D eigenvalue weighted by atomic mass is 9.94. The number of nitrogens with one attached hydrogen (secondary N) is 3. The van der Waals surface area contributed by atoms with E-state index in [2.05, 4.69) is 20.6 Å². The van der Waals surface area contributed by atoms with Crippen LogP contribution in [0.25, 0.3) is 27.8 Å². The molecule has 1 aromatic carbocycles. The van der Waals surface area contributed by atoms with E-state index in [-0.39, 0.29) is 17.9 Å². The molecule has 3 aromatic heterocycles. The molecule has 1 amide bonds. The quantitative estimate of drug-likeness (QED) is 0.456. The highest BCUT2D eigenvalue weighted by Gasteiger charge is 2.29. The van der Waals surface area contributed by atoms with Crippen molar-refractivity contribution in [3.8, 4) is 11.3 Å². The van der Waals surface area contributed by atoms with Gasteiger partial charge in [0.25, 0.3) is 0 Å². The standard InChI is InChI=1S/C22H24ClN7O/c1-29(2)22(31)13-9-14(11-24-10-13)27-20-21-25-7-8-30(21)19(23)18(28-20)16-12-26-17-6-4-3-5-15(16)17/h3-8,12-14,24,26H,9-11H2,1-2H3,(H,27,28)/t13-,14-/m0/s1. The summed E-state index contributed by atoms with van der Waals surface area (Å²) in [7, 11) is 3.59. The summed E-state index contributed by atoms with van der Waals surface area (Å²) in [6.45, 7) is 1.43. The molecule has 0 saturated carbocycles. The molecule has 0 spiro atoms. The highest BCUT2D eigenvalue weighted by atomic mass is 35.5. The first-order valence-corrected chi connectivity index (χ1v) is 10.7. The van der Waals surface area contributed by atoms with Crippen LogP contribution in [0.3, 0.4) is 0 Å². The molecule has 0 aliphatic carbocycles. The highest BCUT2D eigenvalue weighted by molar-refractivity contribution is 6.32. The minimum absolute atomic E-state index is 0.0487. The first-order valence-electron chi connectivity index (χ1n) is 10.3. The number of anilines is 1. The van der Waals surface area contributed by atoms with E-state index in [0.717, 1.165) is 29.4 Å². The topological polar surface area (TPSA) is 90.4 Å². The van der Waals surface area contributed by atoms with Crippen LogP contribution in [-0.4, -0.2) is 63.4 Å². The molecule has 1 aliphatic heterocycles. The molecule has 4 aromatic rings. The third-order valence-electron chi connectivity index (χ3n) is 5.81. The van der Waals surface area contributed by atoms with Crippen LogP contribution in [0.4, 0.5) is 5.82 Å². The molecule has 2 atom stereocenters. The van der Waals surface area contributed by atoms with E-state index in [1.165, 1.54) is 0 Å². The monoisotopic (exact) mass is 437 g/mol. The molecule has 0 radical (unpaired) electrons. The minimum Gasteiger partial charge on any atom is -0.363 e. The van der Waals surface area contributed by atoms with Crippen molar-refractivity contribution >= 4 is 39.9 Å². The van der Waals surface area contributed by atoms with Crippen molar-refractivity contribution in [1.29, 1.82) is 0 Å². The zero-order valence-electron chi connectivity index (χ0n) is 17.4. The molecule has 8 nitrogen and oxygen atoms in total. The molecule has 31 heavy (non-hydrogen) atoms. The molecule has 1 saturated heterocycles. The van der Waals surface area contributed by atoms with Gasteiger partial charge in [0.15, 0.2) is 11.5 Å². The van der Waals surface area contributed by atoms with Gasteiger partial charge in [-0.1, -0.05) is 29.8 Å². The maximum Gasteiger partial charge on any atom is 0.226 e. The lowest BCUT2D eigenvalue weighted by Gasteiger charge is -2.31. The fraction of sp³-hybridized carbons (Fsp3) is 0.318. The van der Waals surface area contributed by atoms with Crippen molar-refractivity contribution in [3.05, 3.63) is 48.0 Å². The maximum absolute atomic E-state index is 12.5. The third kappa shape index (κ3) is 3.51. The molecule has 0 unspecified atom stereocenters. The molecule has 4 heterocycles. The van der Waals surface area contributed by atoms with Crippen LogP contribution < -0.4 is 10.6 Å². The van der Waals surface area contributed by atoms with Gasteiger partial charge < -0.3 is 20.5 Å². The highest BCUT2D eigenvalue weighted by Crippen LogP contribution is 2.34. The number of fused-ring (bicyclic) bond motifs is 2. The Morgan fingerprint density at radius 3 is 2.97 bits per heavy atom. The van der Waals surface area contributed by atoms with E-state index in [0.29, 0.717) is 28.9 Å². The second-order valence-electron chi connectivity index (χ2n) is 8.13. The number of amides is 1. The van der Waals surface area contributed by atoms with Gasteiger partial charge >= 0.3 is 0 Å². The van der Waals surface area contributed by atoms with Gasteiger partial charge in [0.1, 0.15) is 10.8 Å². The van der Waals surface area contributed by atoms with Crippen molar-refractivity contribution in [2.75, 3.05) is 32.5 Å². The van der Waals surface area contributed by atoms with Gasteiger partial charge in [-0.05, 0) is 12.5 Å². The van der Waals surface area contributed by atoms with E-state index in [1.807, 2.05) is 41.1 Å². The summed E-state index contributed by atoms with van der Waals surface area (Å²) in [5, 5.41) is 8.44. The lowest BCUT2D eigenvalue weighted by Crippen LogP contribution is -2.48. The first-order chi connectivity index (χ1) is 15.0. The molecule has 9 heteroatoms. The number of imidazole rings is 1. The van der Waals surface area contributed by atoms with Gasteiger partial charge in [-0.3, -0.25) is 9.20 Å². The van der Waals surface area contributed by atoms with Crippen LogP contribution in [0, 0.1) is 5.92 Å². The number of carbonyl (C=O) groups excluding carboxylic acids is 1. The summed E-state index contributed by atoms with van der Waals surface area (Å²) < 4.78 is 1.84. The van der Waals surface area contributed by atoms with Crippen LogP contribution in [0.2, 0.25) is 5.15 Å². The summed E-state index contributed by atoms with van der Waals surface area (Å²) in [5.41, 5.74) is 3.30. The number of halogens is 1. The molecule has 3 N–H and O–H groups in total. The SMILES string of the molecule is CN(C)C(=O)[C@@H]1CNC[C@@H](Nc2nc(-c3c[nH]c4ccccc34)c(Cl)n3ccnc23)C1. The van der Waals surface area contributed by atoms with E-state index < -0.39 is 0 Å². The molecular formula is C22H24ClN7O. The average Bonchev–Trinajstić information content (AvgIpc) is 3.43. The minimum atomic E-state index is -0.0718. The second kappa shape index (κ2) is 7.86. The van der Waals surface area contributed by atoms with Crippen molar-refractivity contribution < 1.29 is 4.79 Å². The molecular weight excluding hydrogens is 414 g/mol. The summed E-state index contributed by atoms with van der Waals surface area (Å²) in [6.07, 6.45) is 6.20. The number of aromatic nitrogens is 4. The molecule has 1 fully saturated rings. The number of rotatable bonds is 4. The van der Waals surface area contributed by atoms with E-state index in [1.54, 1.807) is 25.2 Å². The van der Waals surface area contributed by atoms with Gasteiger partial charge in [0.05, 0.1) is 5.92 Å². The third-order valence-corrected chi connectivity index (χ3v) is 6.17. The fourth-order valence-electron chi connectivity index (χ4n) is 4.29. The van der Waals surface area contributed by atoms with Crippen LogP contribution in [-0.2, 0) is 4.79 Å². The Kier molecular flexibility index (Phi) is 5.03. The largest absolute Gasteiger partial charge is 0.363 e. The summed E-state index contributed by atoms with van der Waals surface area (Å²) >= 11 is 6.75. The zero-order valence-corrected chi connectivity index (χ0v) is 18.1. The summed E-state index contributed by atoms with van der Waals surface area (Å²) in [6, 6.07) is 8.11. The van der Waals surface area contributed by atoms with Crippen molar-refractivity contribution in [3.63, 3.8) is 0 Å². The van der Waals surface area contributed by atoms with Crippen LogP contribution in [0.1, 0.15) is 6.42 Å². The van der Waals surface area contributed by atoms with Crippen molar-refractivity contribution in [2.45, 2.75) is 12.5 Å².